The minimum atomic E-state index is 0.193. The van der Waals surface area contributed by atoms with Crippen LogP contribution in [-0.4, -0.2) is 4.98 Å². The Bertz CT molecular complexity index is 728. The van der Waals surface area contributed by atoms with Gasteiger partial charge in [0.1, 0.15) is 0 Å². The molecule has 0 unspecified atom stereocenters. The Morgan fingerprint density at radius 2 is 1.55 bits per heavy atom. The molecule has 0 fully saturated rings. The summed E-state index contributed by atoms with van der Waals surface area (Å²) in [7, 11) is 0. The highest BCUT2D eigenvalue weighted by Crippen LogP contribution is 2.30. The van der Waals surface area contributed by atoms with Crippen LogP contribution in [0.1, 0.15) is 26.3 Å². The Labute approximate surface area is 120 Å². The highest BCUT2D eigenvalue weighted by atomic mass is 14.6. The van der Waals surface area contributed by atoms with Crippen molar-refractivity contribution in [2.75, 3.05) is 0 Å². The number of pyridine rings is 1. The number of rotatable bonds is 1. The van der Waals surface area contributed by atoms with Gasteiger partial charge in [-0.25, -0.2) is 0 Å². The SMILES string of the molecule is CC(C)(C)c1ccc(-c2cccc3ncccc23)cc1. The van der Waals surface area contributed by atoms with Gasteiger partial charge in [0, 0.05) is 11.6 Å². The van der Waals surface area contributed by atoms with E-state index in [4.69, 9.17) is 0 Å². The number of hydrogen-bond donors (Lipinski definition) is 0. The normalized spacial score (nSPS) is 11.8. The molecule has 0 aliphatic heterocycles. The minimum Gasteiger partial charge on any atom is -0.256 e. The summed E-state index contributed by atoms with van der Waals surface area (Å²) in [4.78, 5) is 4.42. The van der Waals surface area contributed by atoms with Gasteiger partial charge < -0.3 is 0 Å². The lowest BCUT2D eigenvalue weighted by Gasteiger charge is -2.19. The molecule has 0 saturated carbocycles. The smallest absolute Gasteiger partial charge is 0.0708 e. The van der Waals surface area contributed by atoms with E-state index in [1.54, 1.807) is 0 Å². The Morgan fingerprint density at radius 1 is 0.800 bits per heavy atom. The first-order valence-corrected chi connectivity index (χ1v) is 7.00. The second-order valence-corrected chi connectivity index (χ2v) is 6.20. The first-order valence-electron chi connectivity index (χ1n) is 7.00. The molecule has 1 heterocycles. The lowest BCUT2D eigenvalue weighted by Crippen LogP contribution is -2.10. The van der Waals surface area contributed by atoms with Crippen LogP contribution in [0, 0.1) is 0 Å². The maximum Gasteiger partial charge on any atom is 0.0708 e. The highest BCUT2D eigenvalue weighted by Gasteiger charge is 2.13. The lowest BCUT2D eigenvalue weighted by molar-refractivity contribution is 0.590. The van der Waals surface area contributed by atoms with E-state index in [0.29, 0.717) is 0 Å². The maximum absolute atomic E-state index is 4.42. The quantitative estimate of drug-likeness (QED) is 0.586. The van der Waals surface area contributed by atoms with Gasteiger partial charge in [0.2, 0.25) is 0 Å². The third-order valence-corrected chi connectivity index (χ3v) is 3.71. The van der Waals surface area contributed by atoms with Gasteiger partial charge in [-0.05, 0) is 34.2 Å². The monoisotopic (exact) mass is 261 g/mol. The van der Waals surface area contributed by atoms with Crippen molar-refractivity contribution >= 4 is 10.9 Å². The topological polar surface area (TPSA) is 12.9 Å². The maximum atomic E-state index is 4.42. The Hall–Kier alpha value is -2.15. The lowest BCUT2D eigenvalue weighted by atomic mass is 9.86. The third-order valence-electron chi connectivity index (χ3n) is 3.71. The minimum absolute atomic E-state index is 0.193. The van der Waals surface area contributed by atoms with Crippen molar-refractivity contribution < 1.29 is 0 Å². The Balaban J connectivity index is 2.12. The molecule has 1 nitrogen and oxygen atoms in total. The molecule has 100 valence electrons. The highest BCUT2D eigenvalue weighted by molar-refractivity contribution is 5.94. The number of hydrogen-bond acceptors (Lipinski definition) is 1. The molecule has 0 atom stereocenters. The molecule has 0 saturated heterocycles. The molecule has 0 aliphatic carbocycles. The van der Waals surface area contributed by atoms with Crippen LogP contribution in [0.25, 0.3) is 22.0 Å². The summed E-state index contributed by atoms with van der Waals surface area (Å²) in [6, 6.07) is 19.3. The van der Waals surface area contributed by atoms with Crippen molar-refractivity contribution in [3.63, 3.8) is 0 Å². The predicted octanol–water partition coefficient (Wildman–Crippen LogP) is 5.20. The van der Waals surface area contributed by atoms with Crippen LogP contribution in [0.2, 0.25) is 0 Å². The summed E-state index contributed by atoms with van der Waals surface area (Å²) in [6.45, 7) is 6.72. The first-order chi connectivity index (χ1) is 9.55. The summed E-state index contributed by atoms with van der Waals surface area (Å²) in [5.41, 5.74) is 5.09. The first kappa shape index (κ1) is 12.9. The van der Waals surface area contributed by atoms with E-state index in [1.165, 1.54) is 22.1 Å². The molecular formula is C19H19N. The molecular weight excluding hydrogens is 242 g/mol. The molecule has 0 bridgehead atoms. The molecule has 3 aromatic rings. The molecule has 3 rings (SSSR count). The molecule has 0 aliphatic rings. The van der Waals surface area contributed by atoms with Gasteiger partial charge in [-0.15, -0.1) is 0 Å². The van der Waals surface area contributed by atoms with Crippen molar-refractivity contribution in [3.8, 4) is 11.1 Å². The second kappa shape index (κ2) is 4.75. The average molecular weight is 261 g/mol. The van der Waals surface area contributed by atoms with Gasteiger partial charge in [-0.2, -0.15) is 0 Å². The predicted molar refractivity (Wildman–Crippen MR) is 85.9 cm³/mol. The van der Waals surface area contributed by atoms with E-state index in [9.17, 15) is 0 Å². The third kappa shape index (κ3) is 2.32. The van der Waals surface area contributed by atoms with Crippen molar-refractivity contribution in [2.24, 2.45) is 0 Å². The van der Waals surface area contributed by atoms with Crippen molar-refractivity contribution in [1.29, 1.82) is 0 Å². The van der Waals surface area contributed by atoms with Crippen LogP contribution >= 0.6 is 0 Å². The number of benzene rings is 2. The zero-order valence-electron chi connectivity index (χ0n) is 12.2. The van der Waals surface area contributed by atoms with Gasteiger partial charge >= 0.3 is 0 Å². The molecule has 0 amide bonds. The summed E-state index contributed by atoms with van der Waals surface area (Å²) >= 11 is 0. The van der Waals surface area contributed by atoms with Crippen molar-refractivity contribution in [2.45, 2.75) is 26.2 Å². The van der Waals surface area contributed by atoms with E-state index < -0.39 is 0 Å². The second-order valence-electron chi connectivity index (χ2n) is 6.20. The summed E-state index contributed by atoms with van der Waals surface area (Å²) in [5.74, 6) is 0. The van der Waals surface area contributed by atoms with Crippen LogP contribution in [-0.2, 0) is 5.41 Å². The van der Waals surface area contributed by atoms with Crippen LogP contribution in [0.4, 0.5) is 0 Å². The summed E-state index contributed by atoms with van der Waals surface area (Å²) in [6.07, 6.45) is 1.84. The van der Waals surface area contributed by atoms with E-state index in [2.05, 4.69) is 74.3 Å². The number of nitrogens with zero attached hydrogens (tertiary/aromatic N) is 1. The zero-order chi connectivity index (χ0) is 14.2. The van der Waals surface area contributed by atoms with Gasteiger partial charge in [-0.1, -0.05) is 63.2 Å². The van der Waals surface area contributed by atoms with E-state index >= 15 is 0 Å². The molecule has 2 aromatic carbocycles. The van der Waals surface area contributed by atoms with Gasteiger partial charge in [0.15, 0.2) is 0 Å². The fraction of sp³-hybridized carbons (Fsp3) is 0.211. The summed E-state index contributed by atoms with van der Waals surface area (Å²) in [5, 5.41) is 1.21. The Kier molecular flexibility index (Phi) is 3.06. The van der Waals surface area contributed by atoms with Crippen LogP contribution < -0.4 is 0 Å². The molecule has 0 spiro atoms. The van der Waals surface area contributed by atoms with Gasteiger partial charge in [0.25, 0.3) is 0 Å². The molecule has 20 heavy (non-hydrogen) atoms. The fourth-order valence-corrected chi connectivity index (χ4v) is 2.50. The standard InChI is InChI=1S/C19H19N/c1-19(2,3)15-11-9-14(10-12-15)16-6-4-8-18-17(16)7-5-13-20-18/h4-13H,1-3H3. The largest absolute Gasteiger partial charge is 0.256 e. The fourth-order valence-electron chi connectivity index (χ4n) is 2.50. The average Bonchev–Trinajstić information content (AvgIpc) is 2.46. The van der Waals surface area contributed by atoms with Crippen molar-refractivity contribution in [3.05, 3.63) is 66.4 Å². The van der Waals surface area contributed by atoms with E-state index in [0.717, 1.165) is 5.52 Å². The van der Waals surface area contributed by atoms with Gasteiger partial charge in [0.05, 0.1) is 5.52 Å². The molecule has 1 heteroatoms. The zero-order valence-corrected chi connectivity index (χ0v) is 12.2. The van der Waals surface area contributed by atoms with Gasteiger partial charge in [-0.3, -0.25) is 4.98 Å². The van der Waals surface area contributed by atoms with Crippen molar-refractivity contribution in [1.82, 2.24) is 4.98 Å². The number of aromatic nitrogens is 1. The van der Waals surface area contributed by atoms with Crippen LogP contribution in [0.15, 0.2) is 60.8 Å². The van der Waals surface area contributed by atoms with E-state index in [-0.39, 0.29) is 5.41 Å². The molecule has 1 aromatic heterocycles. The van der Waals surface area contributed by atoms with Crippen LogP contribution in [0.3, 0.4) is 0 Å². The number of fused-ring (bicyclic) bond motifs is 1. The van der Waals surface area contributed by atoms with E-state index in [1.807, 2.05) is 12.3 Å². The molecule has 0 radical (unpaired) electrons. The molecule has 0 N–H and O–H groups in total. The van der Waals surface area contributed by atoms with Crippen LogP contribution in [0.5, 0.6) is 0 Å². The summed E-state index contributed by atoms with van der Waals surface area (Å²) < 4.78 is 0. The Morgan fingerprint density at radius 3 is 2.25 bits per heavy atom.